The minimum atomic E-state index is -0.568. The topological polar surface area (TPSA) is 29.5 Å². The van der Waals surface area contributed by atoms with E-state index in [1.165, 1.54) is 25.0 Å². The van der Waals surface area contributed by atoms with E-state index < -0.39 is 5.82 Å². The lowest BCUT2D eigenvalue weighted by Gasteiger charge is -2.29. The molecular weight excluding hydrogens is 219 g/mol. The largest absolute Gasteiger partial charge is 0.505 e. The van der Waals surface area contributed by atoms with E-state index in [-0.39, 0.29) is 11.9 Å². The lowest BCUT2D eigenvalue weighted by atomic mass is 9.92. The Morgan fingerprint density at radius 2 is 2.24 bits per heavy atom. The molecule has 1 aliphatic heterocycles. The summed E-state index contributed by atoms with van der Waals surface area (Å²) in [4.78, 5) is 0. The van der Waals surface area contributed by atoms with Crippen molar-refractivity contribution in [2.75, 3.05) is 6.61 Å². The first-order chi connectivity index (χ1) is 8.20. The zero-order valence-corrected chi connectivity index (χ0v) is 10.2. The Kier molecular flexibility index (Phi) is 4.00. The normalized spacial score (nSPS) is 24.8. The van der Waals surface area contributed by atoms with Crippen molar-refractivity contribution in [3.63, 3.8) is 0 Å². The fraction of sp³-hybridized carbons (Fsp3) is 0.571. The van der Waals surface area contributed by atoms with Gasteiger partial charge in [-0.1, -0.05) is 19.4 Å². The van der Waals surface area contributed by atoms with Crippen LogP contribution in [-0.4, -0.2) is 11.7 Å². The van der Waals surface area contributed by atoms with Gasteiger partial charge in [0.1, 0.15) is 0 Å². The summed E-state index contributed by atoms with van der Waals surface area (Å²) >= 11 is 0. The van der Waals surface area contributed by atoms with Gasteiger partial charge in [0, 0.05) is 0 Å². The van der Waals surface area contributed by atoms with Crippen LogP contribution < -0.4 is 0 Å². The van der Waals surface area contributed by atoms with E-state index in [0.717, 1.165) is 25.0 Å². The average Bonchev–Trinajstić information content (AvgIpc) is 2.34. The number of hydrogen-bond donors (Lipinski definition) is 1. The second-order valence-corrected chi connectivity index (χ2v) is 4.76. The van der Waals surface area contributed by atoms with Crippen molar-refractivity contribution in [2.24, 2.45) is 5.92 Å². The molecule has 2 atom stereocenters. The number of halogens is 1. The van der Waals surface area contributed by atoms with Crippen LogP contribution in [0.4, 0.5) is 4.39 Å². The van der Waals surface area contributed by atoms with E-state index in [2.05, 4.69) is 6.92 Å². The lowest BCUT2D eigenvalue weighted by molar-refractivity contribution is -0.0196. The second-order valence-electron chi connectivity index (χ2n) is 4.76. The molecule has 0 bridgehead atoms. The fourth-order valence-corrected chi connectivity index (χ4v) is 2.43. The minimum Gasteiger partial charge on any atom is -0.505 e. The van der Waals surface area contributed by atoms with E-state index in [1.54, 1.807) is 6.07 Å². The van der Waals surface area contributed by atoms with Crippen LogP contribution in [0.1, 0.15) is 44.3 Å². The molecule has 0 saturated carbocycles. The van der Waals surface area contributed by atoms with Crippen LogP contribution in [0.25, 0.3) is 0 Å². The molecule has 0 aromatic heterocycles. The maximum absolute atomic E-state index is 13.2. The van der Waals surface area contributed by atoms with Crippen LogP contribution in [-0.2, 0) is 4.74 Å². The third-order valence-electron chi connectivity index (χ3n) is 3.41. The van der Waals surface area contributed by atoms with Crippen molar-refractivity contribution < 1.29 is 14.2 Å². The molecule has 1 aromatic rings. The molecule has 1 aromatic carbocycles. The molecule has 1 aliphatic rings. The summed E-state index contributed by atoms with van der Waals surface area (Å²) in [7, 11) is 0. The van der Waals surface area contributed by atoms with Crippen LogP contribution in [0.15, 0.2) is 18.2 Å². The maximum atomic E-state index is 13.2. The van der Waals surface area contributed by atoms with Gasteiger partial charge in [-0.15, -0.1) is 0 Å². The van der Waals surface area contributed by atoms with E-state index in [4.69, 9.17) is 9.84 Å². The van der Waals surface area contributed by atoms with Crippen LogP contribution in [0.5, 0.6) is 5.75 Å². The van der Waals surface area contributed by atoms with Crippen molar-refractivity contribution >= 4 is 0 Å². The van der Waals surface area contributed by atoms with Crippen molar-refractivity contribution in [3.05, 3.63) is 29.6 Å². The molecule has 2 nitrogen and oxygen atoms in total. The summed E-state index contributed by atoms with van der Waals surface area (Å²) in [5.41, 5.74) is 0.829. The summed E-state index contributed by atoms with van der Waals surface area (Å²) in [6, 6.07) is 4.51. The predicted molar refractivity (Wildman–Crippen MR) is 64.4 cm³/mol. The van der Waals surface area contributed by atoms with Crippen LogP contribution in [0, 0.1) is 11.7 Å². The number of aromatic hydroxyl groups is 1. The number of phenols is 1. The number of phenolic OH excluding ortho intramolecular Hbond substituents is 1. The first-order valence-electron chi connectivity index (χ1n) is 6.30. The Morgan fingerprint density at radius 3 is 2.82 bits per heavy atom. The summed E-state index contributed by atoms with van der Waals surface area (Å²) in [5, 5.41) is 9.14. The molecule has 2 unspecified atom stereocenters. The van der Waals surface area contributed by atoms with Crippen molar-refractivity contribution in [2.45, 2.75) is 38.7 Å². The van der Waals surface area contributed by atoms with E-state index in [9.17, 15) is 4.39 Å². The number of rotatable bonds is 3. The zero-order chi connectivity index (χ0) is 12.3. The van der Waals surface area contributed by atoms with Crippen LogP contribution in [0.3, 0.4) is 0 Å². The van der Waals surface area contributed by atoms with Crippen LogP contribution >= 0.6 is 0 Å². The Morgan fingerprint density at radius 1 is 1.41 bits per heavy atom. The smallest absolute Gasteiger partial charge is 0.165 e. The maximum Gasteiger partial charge on any atom is 0.165 e. The zero-order valence-electron chi connectivity index (χ0n) is 10.2. The van der Waals surface area contributed by atoms with Crippen molar-refractivity contribution in [1.29, 1.82) is 0 Å². The minimum absolute atomic E-state index is 0.0155. The van der Waals surface area contributed by atoms with E-state index in [1.807, 2.05) is 0 Å². The van der Waals surface area contributed by atoms with Crippen molar-refractivity contribution in [1.82, 2.24) is 0 Å². The standard InChI is InChI=1S/C14H19FO2/c1-2-3-10-4-7-14(17-9-10)11-5-6-13(16)12(15)8-11/h5-6,8,10,14,16H,2-4,7,9H2,1H3. The van der Waals surface area contributed by atoms with Gasteiger partial charge in [0.15, 0.2) is 11.6 Å². The van der Waals surface area contributed by atoms with Crippen LogP contribution in [0.2, 0.25) is 0 Å². The third kappa shape index (κ3) is 2.97. The fourth-order valence-electron chi connectivity index (χ4n) is 2.43. The number of hydrogen-bond acceptors (Lipinski definition) is 2. The van der Waals surface area contributed by atoms with Gasteiger partial charge < -0.3 is 9.84 Å². The molecule has 1 saturated heterocycles. The summed E-state index contributed by atoms with van der Waals surface area (Å²) in [6.45, 7) is 2.95. The molecule has 2 rings (SSSR count). The molecule has 0 radical (unpaired) electrons. The molecule has 3 heteroatoms. The highest BCUT2D eigenvalue weighted by atomic mass is 19.1. The SMILES string of the molecule is CCCC1CCC(c2ccc(O)c(F)c2)OC1. The van der Waals surface area contributed by atoms with Gasteiger partial charge >= 0.3 is 0 Å². The molecule has 0 aliphatic carbocycles. The van der Waals surface area contributed by atoms with Gasteiger partial charge in [0.05, 0.1) is 12.7 Å². The molecule has 0 amide bonds. The first-order valence-corrected chi connectivity index (χ1v) is 6.30. The summed E-state index contributed by atoms with van der Waals surface area (Å²) < 4.78 is 19.0. The van der Waals surface area contributed by atoms with Gasteiger partial charge in [-0.25, -0.2) is 4.39 Å². The summed E-state index contributed by atoms with van der Waals surface area (Å²) in [5.74, 6) is -0.214. The van der Waals surface area contributed by atoms with Crippen molar-refractivity contribution in [3.8, 4) is 5.75 Å². The van der Waals surface area contributed by atoms with Gasteiger partial charge in [-0.3, -0.25) is 0 Å². The average molecular weight is 238 g/mol. The van der Waals surface area contributed by atoms with Gasteiger partial charge in [0.25, 0.3) is 0 Å². The number of ether oxygens (including phenoxy) is 1. The Bertz CT molecular complexity index is 370. The second kappa shape index (κ2) is 5.50. The van der Waals surface area contributed by atoms with Gasteiger partial charge in [-0.05, 0) is 42.9 Å². The molecule has 1 heterocycles. The van der Waals surface area contributed by atoms with Gasteiger partial charge in [0.2, 0.25) is 0 Å². The molecule has 0 spiro atoms. The monoisotopic (exact) mass is 238 g/mol. The molecule has 1 fully saturated rings. The predicted octanol–water partition coefficient (Wildman–Crippen LogP) is 3.80. The molecular formula is C14H19FO2. The molecule has 17 heavy (non-hydrogen) atoms. The Hall–Kier alpha value is -1.09. The number of benzene rings is 1. The highest BCUT2D eigenvalue weighted by Gasteiger charge is 2.22. The quantitative estimate of drug-likeness (QED) is 0.867. The summed E-state index contributed by atoms with van der Waals surface area (Å²) in [6.07, 6.45) is 4.46. The Balaban J connectivity index is 1.98. The first kappa shape index (κ1) is 12.4. The molecule has 1 N–H and O–H groups in total. The molecule has 94 valence electrons. The van der Waals surface area contributed by atoms with E-state index in [0.29, 0.717) is 5.92 Å². The highest BCUT2D eigenvalue weighted by Crippen LogP contribution is 2.33. The highest BCUT2D eigenvalue weighted by molar-refractivity contribution is 5.29. The van der Waals surface area contributed by atoms with E-state index >= 15 is 0 Å². The Labute approximate surface area is 101 Å². The third-order valence-corrected chi connectivity index (χ3v) is 3.41. The van der Waals surface area contributed by atoms with Gasteiger partial charge in [-0.2, -0.15) is 0 Å². The lowest BCUT2D eigenvalue weighted by Crippen LogP contribution is -2.20.